The standard InChI is InChI=1S/C10H10O2/c1-7-3-4-9(5-8(7)2)10(12)6-11/h3-6H,1-2H3. The average molecular weight is 162 g/mol. The summed E-state index contributed by atoms with van der Waals surface area (Å²) in [5.41, 5.74) is 2.62. The van der Waals surface area contributed by atoms with Crippen molar-refractivity contribution < 1.29 is 9.59 Å². The van der Waals surface area contributed by atoms with E-state index in [0.717, 1.165) is 11.1 Å². The van der Waals surface area contributed by atoms with Gasteiger partial charge >= 0.3 is 0 Å². The molecule has 12 heavy (non-hydrogen) atoms. The van der Waals surface area contributed by atoms with Crippen molar-refractivity contribution in [3.8, 4) is 0 Å². The summed E-state index contributed by atoms with van der Waals surface area (Å²) in [6, 6.07) is 5.23. The van der Waals surface area contributed by atoms with E-state index in [-0.39, 0.29) is 0 Å². The van der Waals surface area contributed by atoms with E-state index in [9.17, 15) is 9.59 Å². The van der Waals surface area contributed by atoms with Crippen LogP contribution in [0.3, 0.4) is 0 Å². The highest BCUT2D eigenvalue weighted by atomic mass is 16.2. The van der Waals surface area contributed by atoms with E-state index in [0.29, 0.717) is 11.8 Å². The Morgan fingerprint density at radius 1 is 1.25 bits per heavy atom. The van der Waals surface area contributed by atoms with Gasteiger partial charge in [-0.2, -0.15) is 0 Å². The van der Waals surface area contributed by atoms with Gasteiger partial charge in [-0.25, -0.2) is 0 Å². The monoisotopic (exact) mass is 162 g/mol. The fourth-order valence-electron chi connectivity index (χ4n) is 0.963. The number of hydrogen-bond acceptors (Lipinski definition) is 2. The van der Waals surface area contributed by atoms with Crippen LogP contribution in [0.5, 0.6) is 0 Å². The molecular weight excluding hydrogens is 152 g/mol. The first-order valence-corrected chi connectivity index (χ1v) is 3.72. The van der Waals surface area contributed by atoms with Gasteiger partial charge < -0.3 is 0 Å². The van der Waals surface area contributed by atoms with Crippen molar-refractivity contribution in [1.82, 2.24) is 0 Å². The topological polar surface area (TPSA) is 34.1 Å². The number of carbonyl (C=O) groups is 2. The summed E-state index contributed by atoms with van der Waals surface area (Å²) >= 11 is 0. The normalized spacial score (nSPS) is 9.50. The Kier molecular flexibility index (Phi) is 2.38. The second-order valence-electron chi connectivity index (χ2n) is 2.78. The molecule has 0 aliphatic rings. The first-order valence-electron chi connectivity index (χ1n) is 3.72. The highest BCUT2D eigenvalue weighted by Gasteiger charge is 2.03. The van der Waals surface area contributed by atoms with E-state index in [4.69, 9.17) is 0 Å². The maximum atomic E-state index is 10.9. The molecule has 0 saturated carbocycles. The minimum absolute atomic E-state index is 0.337. The van der Waals surface area contributed by atoms with Gasteiger partial charge in [0.15, 0.2) is 6.29 Å². The lowest BCUT2D eigenvalue weighted by molar-refractivity contribution is -0.104. The number of ketones is 1. The SMILES string of the molecule is Cc1ccc(C(=O)C=O)cc1C. The molecule has 1 aromatic rings. The zero-order valence-electron chi connectivity index (χ0n) is 7.13. The van der Waals surface area contributed by atoms with Gasteiger partial charge in [0, 0.05) is 5.56 Å². The molecule has 0 radical (unpaired) electrons. The smallest absolute Gasteiger partial charge is 0.225 e. The summed E-state index contributed by atoms with van der Waals surface area (Å²) in [5.74, 6) is -0.460. The number of benzene rings is 1. The molecule has 62 valence electrons. The number of hydrogen-bond donors (Lipinski definition) is 0. The van der Waals surface area contributed by atoms with Gasteiger partial charge in [0.1, 0.15) is 0 Å². The third kappa shape index (κ3) is 1.59. The van der Waals surface area contributed by atoms with Crippen LogP contribution in [0.15, 0.2) is 18.2 Å². The van der Waals surface area contributed by atoms with Crippen molar-refractivity contribution in [2.45, 2.75) is 13.8 Å². The summed E-state index contributed by atoms with van der Waals surface area (Å²) in [7, 11) is 0. The van der Waals surface area contributed by atoms with Gasteiger partial charge in [-0.1, -0.05) is 12.1 Å². The third-order valence-electron chi connectivity index (χ3n) is 1.90. The van der Waals surface area contributed by atoms with Gasteiger partial charge in [0.05, 0.1) is 0 Å². The van der Waals surface area contributed by atoms with Crippen LogP contribution in [-0.2, 0) is 4.79 Å². The average Bonchev–Trinajstić information content (AvgIpc) is 2.08. The lowest BCUT2D eigenvalue weighted by Gasteiger charge is -2.00. The zero-order chi connectivity index (χ0) is 9.14. The van der Waals surface area contributed by atoms with Crippen molar-refractivity contribution in [2.75, 3.05) is 0 Å². The summed E-state index contributed by atoms with van der Waals surface area (Å²) in [5, 5.41) is 0. The molecule has 0 unspecified atom stereocenters. The first-order chi connectivity index (χ1) is 5.65. The molecule has 0 amide bonds. The number of rotatable bonds is 2. The van der Waals surface area contributed by atoms with Crippen LogP contribution in [0.2, 0.25) is 0 Å². The molecule has 0 fully saturated rings. The molecule has 1 rings (SSSR count). The predicted molar refractivity (Wildman–Crippen MR) is 46.3 cm³/mol. The van der Waals surface area contributed by atoms with Crippen LogP contribution in [0.25, 0.3) is 0 Å². The molecule has 1 aromatic carbocycles. The molecule has 0 aliphatic heterocycles. The molecule has 0 N–H and O–H groups in total. The number of aryl methyl sites for hydroxylation is 2. The molecular formula is C10H10O2. The van der Waals surface area contributed by atoms with E-state index < -0.39 is 5.78 Å². The number of Topliss-reactive ketones (excluding diaryl/α,β-unsaturated/α-hetero) is 1. The van der Waals surface area contributed by atoms with Crippen LogP contribution >= 0.6 is 0 Å². The lowest BCUT2D eigenvalue weighted by atomic mass is 10.0. The molecule has 0 spiro atoms. The van der Waals surface area contributed by atoms with Crippen LogP contribution in [-0.4, -0.2) is 12.1 Å². The Balaban J connectivity index is 3.13. The number of carbonyl (C=O) groups excluding carboxylic acids is 2. The summed E-state index contributed by atoms with van der Waals surface area (Å²) in [6.45, 7) is 3.88. The van der Waals surface area contributed by atoms with E-state index in [1.54, 1.807) is 12.1 Å². The Labute approximate surface area is 71.2 Å². The molecule has 0 aliphatic carbocycles. The molecule has 2 nitrogen and oxygen atoms in total. The zero-order valence-corrected chi connectivity index (χ0v) is 7.13. The van der Waals surface area contributed by atoms with Gasteiger partial charge in [-0.15, -0.1) is 0 Å². The minimum atomic E-state index is -0.460. The van der Waals surface area contributed by atoms with E-state index in [1.165, 1.54) is 0 Å². The highest BCUT2D eigenvalue weighted by Crippen LogP contribution is 2.09. The summed E-state index contributed by atoms with van der Waals surface area (Å²) in [4.78, 5) is 21.1. The molecule has 0 aromatic heterocycles. The van der Waals surface area contributed by atoms with Crippen LogP contribution in [0.4, 0.5) is 0 Å². The second kappa shape index (κ2) is 3.30. The van der Waals surface area contributed by atoms with Crippen molar-refractivity contribution >= 4 is 12.1 Å². The van der Waals surface area contributed by atoms with Gasteiger partial charge in [0.2, 0.25) is 5.78 Å². The van der Waals surface area contributed by atoms with Crippen LogP contribution in [0.1, 0.15) is 21.5 Å². The van der Waals surface area contributed by atoms with Gasteiger partial charge in [-0.3, -0.25) is 9.59 Å². The number of aldehydes is 1. The molecule has 0 saturated heterocycles. The Morgan fingerprint density at radius 2 is 1.92 bits per heavy atom. The van der Waals surface area contributed by atoms with E-state index in [2.05, 4.69) is 0 Å². The molecule has 0 heterocycles. The summed E-state index contributed by atoms with van der Waals surface area (Å²) < 4.78 is 0. The fraction of sp³-hybridized carbons (Fsp3) is 0.200. The van der Waals surface area contributed by atoms with Crippen LogP contribution < -0.4 is 0 Å². The summed E-state index contributed by atoms with van der Waals surface area (Å²) in [6.07, 6.45) is 0.337. The second-order valence-corrected chi connectivity index (χ2v) is 2.78. The lowest BCUT2D eigenvalue weighted by Crippen LogP contribution is -2.00. The van der Waals surface area contributed by atoms with Crippen molar-refractivity contribution in [3.63, 3.8) is 0 Å². The van der Waals surface area contributed by atoms with E-state index >= 15 is 0 Å². The van der Waals surface area contributed by atoms with Gasteiger partial charge in [0.25, 0.3) is 0 Å². The first kappa shape index (κ1) is 8.65. The third-order valence-corrected chi connectivity index (χ3v) is 1.90. The Hall–Kier alpha value is -1.44. The highest BCUT2D eigenvalue weighted by molar-refractivity contribution is 6.33. The maximum absolute atomic E-state index is 10.9. The molecule has 0 bridgehead atoms. The predicted octanol–water partition coefficient (Wildman–Crippen LogP) is 1.69. The fourth-order valence-corrected chi connectivity index (χ4v) is 0.963. The van der Waals surface area contributed by atoms with Gasteiger partial charge in [-0.05, 0) is 31.0 Å². The maximum Gasteiger partial charge on any atom is 0.225 e. The Bertz CT molecular complexity index is 327. The molecule has 2 heteroatoms. The quantitative estimate of drug-likeness (QED) is 0.376. The minimum Gasteiger partial charge on any atom is -0.294 e. The van der Waals surface area contributed by atoms with Crippen molar-refractivity contribution in [2.24, 2.45) is 0 Å². The van der Waals surface area contributed by atoms with Crippen molar-refractivity contribution in [3.05, 3.63) is 34.9 Å². The van der Waals surface area contributed by atoms with Crippen molar-refractivity contribution in [1.29, 1.82) is 0 Å². The largest absolute Gasteiger partial charge is 0.294 e. The molecule has 0 atom stereocenters. The van der Waals surface area contributed by atoms with E-state index in [1.807, 2.05) is 19.9 Å². The van der Waals surface area contributed by atoms with Crippen LogP contribution in [0, 0.1) is 13.8 Å². The Morgan fingerprint density at radius 3 is 2.42 bits per heavy atom.